The smallest absolute Gasteiger partial charge is 0.337 e. The zero-order chi connectivity index (χ0) is 42.0. The van der Waals surface area contributed by atoms with Crippen molar-refractivity contribution in [2.24, 2.45) is 5.73 Å². The number of methoxy groups -OCH3 is 1. The molecule has 6 rings (SSSR count). The minimum atomic E-state index is -3.08. The fourth-order valence-electron chi connectivity index (χ4n) is 6.07. The van der Waals surface area contributed by atoms with Crippen molar-refractivity contribution in [2.45, 2.75) is 13.1 Å². The van der Waals surface area contributed by atoms with E-state index >= 15 is 0 Å². The van der Waals surface area contributed by atoms with E-state index in [0.29, 0.717) is 29.0 Å². The predicted molar refractivity (Wildman–Crippen MR) is 230 cm³/mol. The van der Waals surface area contributed by atoms with Gasteiger partial charge >= 0.3 is 18.0 Å². The molecule has 0 aliphatic carbocycles. The number of urea groups is 2. The number of nitrogens with two attached hydrogens (primary N) is 1. The van der Waals surface area contributed by atoms with E-state index in [4.69, 9.17) is 10.5 Å². The first-order valence-electron chi connectivity index (χ1n) is 18.1. The molecule has 2 fully saturated rings. The number of amides is 4. The van der Waals surface area contributed by atoms with Crippen LogP contribution in [0.15, 0.2) is 106 Å². The number of nitrogens with zero attached hydrogens (tertiary/aromatic N) is 4. The van der Waals surface area contributed by atoms with Crippen molar-refractivity contribution in [3.05, 3.63) is 128 Å². The van der Waals surface area contributed by atoms with Crippen LogP contribution in [0.25, 0.3) is 0 Å². The van der Waals surface area contributed by atoms with Crippen LogP contribution in [0.1, 0.15) is 31.8 Å². The first-order chi connectivity index (χ1) is 27.6. The van der Waals surface area contributed by atoms with E-state index in [2.05, 4.69) is 31.9 Å². The number of ketones is 1. The third-order valence-corrected chi connectivity index (χ3v) is 13.8. The molecule has 2 aliphatic heterocycles. The molecule has 0 bridgehead atoms. The standard InChI is InChI=1S/C20H22BrN3O4S.C20H21BrN2O5S/c21-17-5-7-18(8-6-17)24(20(26)23-9-11-29(27,28)12-10-23)14-15-1-3-16(4-2-15)19(25)13-22;1-28-19(24)16-4-2-15(3-5-16)14-23(18-8-6-17(21)7-9-18)20(25)22-10-12-29(26,27)13-11-22/h1-8H,9-14,22H2;2-9H,10-14H2,1H3. The fraction of sp³-hybridized carbons (Fsp3) is 0.300. The van der Waals surface area contributed by atoms with Crippen LogP contribution >= 0.6 is 31.9 Å². The van der Waals surface area contributed by atoms with Crippen molar-refractivity contribution in [3.8, 4) is 0 Å². The molecule has 4 amide bonds. The van der Waals surface area contributed by atoms with E-state index in [1.54, 1.807) is 68.1 Å². The molecule has 18 heteroatoms. The van der Waals surface area contributed by atoms with E-state index in [9.17, 15) is 36.0 Å². The molecule has 308 valence electrons. The highest BCUT2D eigenvalue weighted by molar-refractivity contribution is 9.10. The second-order valence-electron chi connectivity index (χ2n) is 13.5. The molecule has 0 spiro atoms. The number of anilines is 2. The van der Waals surface area contributed by atoms with Gasteiger partial charge in [-0.1, -0.05) is 68.3 Å². The van der Waals surface area contributed by atoms with Gasteiger partial charge in [-0.25, -0.2) is 31.2 Å². The summed E-state index contributed by atoms with van der Waals surface area (Å²) in [5.74, 6) is -0.675. The average Bonchev–Trinajstić information content (AvgIpc) is 3.22. The van der Waals surface area contributed by atoms with Crippen LogP contribution in [0.2, 0.25) is 0 Å². The lowest BCUT2D eigenvalue weighted by Gasteiger charge is -2.33. The number of ether oxygens (including phenoxy) is 1. The molecule has 2 heterocycles. The number of sulfone groups is 2. The highest BCUT2D eigenvalue weighted by Crippen LogP contribution is 2.25. The molecule has 0 saturated carbocycles. The van der Waals surface area contributed by atoms with Crippen LogP contribution in [0.3, 0.4) is 0 Å². The topological polar surface area (TPSA) is 185 Å². The van der Waals surface area contributed by atoms with Crippen LogP contribution in [0.5, 0.6) is 0 Å². The van der Waals surface area contributed by atoms with E-state index in [1.807, 2.05) is 48.5 Å². The number of Topliss-reactive ketones (excluding diaryl/α,β-unsaturated/α-hetero) is 1. The van der Waals surface area contributed by atoms with Crippen LogP contribution in [0.4, 0.5) is 21.0 Å². The Labute approximate surface area is 355 Å². The fourth-order valence-corrected chi connectivity index (χ4v) is 9.00. The van der Waals surface area contributed by atoms with Crippen molar-refractivity contribution >= 4 is 86.7 Å². The third-order valence-electron chi connectivity index (χ3n) is 9.49. The van der Waals surface area contributed by atoms with Crippen LogP contribution in [0, 0.1) is 0 Å². The summed E-state index contributed by atoms with van der Waals surface area (Å²) in [7, 11) is -4.84. The monoisotopic (exact) mass is 959 g/mol. The van der Waals surface area contributed by atoms with Crippen LogP contribution in [-0.4, -0.2) is 113 Å². The molecule has 58 heavy (non-hydrogen) atoms. The van der Waals surface area contributed by atoms with E-state index in [-0.39, 0.29) is 80.1 Å². The Morgan fingerprint density at radius 1 is 0.586 bits per heavy atom. The molecule has 4 aromatic carbocycles. The zero-order valence-electron chi connectivity index (χ0n) is 31.6. The summed E-state index contributed by atoms with van der Waals surface area (Å²) < 4.78 is 53.3. The molecule has 4 aromatic rings. The number of carbonyl (C=O) groups is 4. The summed E-state index contributed by atoms with van der Waals surface area (Å²) in [4.78, 5) is 56.1. The lowest BCUT2D eigenvalue weighted by molar-refractivity contribution is 0.0600. The largest absolute Gasteiger partial charge is 0.465 e. The summed E-state index contributed by atoms with van der Waals surface area (Å²) in [6, 6.07) is 28.0. The second kappa shape index (κ2) is 19.9. The van der Waals surface area contributed by atoms with Crippen molar-refractivity contribution in [1.29, 1.82) is 0 Å². The summed E-state index contributed by atoms with van der Waals surface area (Å²) in [5.41, 5.74) is 9.43. The van der Waals surface area contributed by atoms with Crippen LogP contribution in [-0.2, 0) is 37.5 Å². The highest BCUT2D eigenvalue weighted by Gasteiger charge is 2.30. The van der Waals surface area contributed by atoms with Crippen molar-refractivity contribution in [3.63, 3.8) is 0 Å². The molecule has 2 N–H and O–H groups in total. The van der Waals surface area contributed by atoms with Gasteiger partial charge in [0.25, 0.3) is 0 Å². The SMILES string of the molecule is COC(=O)c1ccc(CN(C(=O)N2CCS(=O)(=O)CC2)c2ccc(Br)cc2)cc1.NCC(=O)c1ccc(CN(C(=O)N2CCS(=O)(=O)CC2)c2ccc(Br)cc2)cc1. The molecule has 0 aromatic heterocycles. The Hall–Kier alpha value is -4.62. The quantitative estimate of drug-likeness (QED) is 0.165. The number of rotatable bonds is 9. The van der Waals surface area contributed by atoms with Gasteiger partial charge in [0.1, 0.15) is 0 Å². The minimum Gasteiger partial charge on any atom is -0.465 e. The number of halogens is 2. The van der Waals surface area contributed by atoms with Gasteiger partial charge in [-0.2, -0.15) is 0 Å². The van der Waals surface area contributed by atoms with Crippen molar-refractivity contribution in [2.75, 3.05) is 72.6 Å². The maximum absolute atomic E-state index is 13.2. The van der Waals surface area contributed by atoms with Crippen molar-refractivity contribution in [1.82, 2.24) is 9.80 Å². The first-order valence-corrected chi connectivity index (χ1v) is 23.4. The number of benzene rings is 4. The lowest BCUT2D eigenvalue weighted by atomic mass is 10.1. The Morgan fingerprint density at radius 3 is 1.26 bits per heavy atom. The van der Waals surface area contributed by atoms with Gasteiger partial charge in [0, 0.05) is 52.1 Å². The minimum absolute atomic E-state index is 0.0250. The first kappa shape index (κ1) is 44.5. The number of hydrogen-bond donors (Lipinski definition) is 1. The highest BCUT2D eigenvalue weighted by atomic mass is 79.9. The molecule has 14 nitrogen and oxygen atoms in total. The third kappa shape index (κ3) is 12.2. The average molecular weight is 962 g/mol. The van der Waals surface area contributed by atoms with E-state index in [0.717, 1.165) is 20.1 Å². The Balaban J connectivity index is 0.000000221. The number of esters is 1. The number of hydrogen-bond acceptors (Lipinski definition) is 10. The molecular formula is C40H43Br2N5O9S2. The summed E-state index contributed by atoms with van der Waals surface area (Å²) in [6.45, 7) is 1.23. The summed E-state index contributed by atoms with van der Waals surface area (Å²) in [6.07, 6.45) is 0. The second-order valence-corrected chi connectivity index (χ2v) is 19.9. The van der Waals surface area contributed by atoms with Gasteiger partial charge in [0.2, 0.25) is 0 Å². The molecule has 2 aliphatic rings. The van der Waals surface area contributed by atoms with Gasteiger partial charge in [-0.15, -0.1) is 0 Å². The van der Waals surface area contributed by atoms with Gasteiger partial charge in [-0.05, 0) is 71.8 Å². The predicted octanol–water partition coefficient (Wildman–Crippen LogP) is 5.54. The summed E-state index contributed by atoms with van der Waals surface area (Å²) in [5, 5.41) is 0. The van der Waals surface area contributed by atoms with E-state index in [1.165, 1.54) is 7.11 Å². The van der Waals surface area contributed by atoms with Gasteiger partial charge in [-0.3, -0.25) is 14.6 Å². The maximum atomic E-state index is 13.2. The molecule has 2 saturated heterocycles. The van der Waals surface area contributed by atoms with Crippen molar-refractivity contribution < 1.29 is 40.8 Å². The zero-order valence-corrected chi connectivity index (χ0v) is 36.4. The van der Waals surface area contributed by atoms with Crippen LogP contribution < -0.4 is 15.5 Å². The lowest BCUT2D eigenvalue weighted by Crippen LogP contribution is -2.49. The normalized spacial score (nSPS) is 15.7. The molecule has 0 atom stereocenters. The molecule has 0 radical (unpaired) electrons. The molecule has 0 unspecified atom stereocenters. The van der Waals surface area contributed by atoms with Gasteiger partial charge in [0.15, 0.2) is 25.5 Å². The Morgan fingerprint density at radius 2 is 0.931 bits per heavy atom. The maximum Gasteiger partial charge on any atom is 0.337 e. The number of carbonyl (C=O) groups excluding carboxylic acids is 4. The molecular weight excluding hydrogens is 918 g/mol. The van der Waals surface area contributed by atoms with E-state index < -0.39 is 25.6 Å². The Bertz CT molecular complexity index is 2120. The van der Waals surface area contributed by atoms with Gasteiger partial charge in [0.05, 0.1) is 55.3 Å². The summed E-state index contributed by atoms with van der Waals surface area (Å²) >= 11 is 6.78. The Kier molecular flexibility index (Phi) is 15.3. The van der Waals surface area contributed by atoms with Gasteiger partial charge < -0.3 is 20.3 Å².